The van der Waals surface area contributed by atoms with Gasteiger partial charge in [0.25, 0.3) is 0 Å². The fourth-order valence-electron chi connectivity index (χ4n) is 4.61. The van der Waals surface area contributed by atoms with Gasteiger partial charge in [0.15, 0.2) is 0 Å². The highest BCUT2D eigenvalue weighted by Crippen LogP contribution is 2.42. The smallest absolute Gasteiger partial charge is 0.327 e. The highest BCUT2D eigenvalue weighted by atomic mass is 16.4. The van der Waals surface area contributed by atoms with E-state index >= 15 is 0 Å². The van der Waals surface area contributed by atoms with Crippen molar-refractivity contribution in [2.75, 3.05) is 0 Å². The molecule has 0 aromatic rings. The van der Waals surface area contributed by atoms with Crippen molar-refractivity contribution < 1.29 is 9.90 Å². The number of carbonyl (C=O) groups is 1. The van der Waals surface area contributed by atoms with Crippen LogP contribution in [0.3, 0.4) is 0 Å². The van der Waals surface area contributed by atoms with E-state index in [2.05, 4.69) is 6.92 Å². The molecule has 120 valence electrons. The summed E-state index contributed by atoms with van der Waals surface area (Å²) >= 11 is 0. The van der Waals surface area contributed by atoms with E-state index in [0.29, 0.717) is 0 Å². The molecule has 0 saturated heterocycles. The Morgan fingerprint density at radius 2 is 1.48 bits per heavy atom. The van der Waals surface area contributed by atoms with Crippen LogP contribution in [0.4, 0.5) is 0 Å². The molecule has 0 spiro atoms. The zero-order valence-electron chi connectivity index (χ0n) is 13.6. The van der Waals surface area contributed by atoms with Gasteiger partial charge in [0, 0.05) is 6.08 Å². The van der Waals surface area contributed by atoms with Gasteiger partial charge in [0.1, 0.15) is 0 Å². The number of hydrogen-bond donors (Lipinski definition) is 1. The first kappa shape index (κ1) is 16.6. The molecular weight excluding hydrogens is 260 g/mol. The van der Waals surface area contributed by atoms with Gasteiger partial charge in [-0.15, -0.1) is 0 Å². The number of rotatable bonds is 6. The van der Waals surface area contributed by atoms with E-state index in [0.717, 1.165) is 30.1 Å². The van der Waals surface area contributed by atoms with Gasteiger partial charge in [-0.2, -0.15) is 0 Å². The molecule has 2 rings (SSSR count). The summed E-state index contributed by atoms with van der Waals surface area (Å²) in [7, 11) is 0. The number of carboxylic acid groups (broad SMARTS) is 1. The third-order valence-electron chi connectivity index (χ3n) is 5.88. The predicted octanol–water partition coefficient (Wildman–Crippen LogP) is 5.43. The maximum absolute atomic E-state index is 10.5. The summed E-state index contributed by atoms with van der Waals surface area (Å²) in [6.07, 6.45) is 18.2. The molecular formula is C19H32O2. The highest BCUT2D eigenvalue weighted by molar-refractivity contribution is 5.79. The first-order valence-corrected chi connectivity index (χ1v) is 9.08. The SMILES string of the molecule is CCCC1CCC(C2CCC(CC=CC(=O)O)CC2)CC1. The molecule has 2 saturated carbocycles. The van der Waals surface area contributed by atoms with Gasteiger partial charge >= 0.3 is 5.97 Å². The monoisotopic (exact) mass is 292 g/mol. The first-order chi connectivity index (χ1) is 10.2. The van der Waals surface area contributed by atoms with Crippen molar-refractivity contribution in [1.29, 1.82) is 0 Å². The molecule has 2 heteroatoms. The summed E-state index contributed by atoms with van der Waals surface area (Å²) in [5.74, 6) is 2.89. The van der Waals surface area contributed by atoms with Crippen molar-refractivity contribution in [3.63, 3.8) is 0 Å². The van der Waals surface area contributed by atoms with Crippen LogP contribution in [-0.4, -0.2) is 11.1 Å². The maximum Gasteiger partial charge on any atom is 0.327 e. The normalized spacial score (nSPS) is 34.1. The topological polar surface area (TPSA) is 37.3 Å². The molecule has 0 aromatic carbocycles. The third-order valence-corrected chi connectivity index (χ3v) is 5.88. The lowest BCUT2D eigenvalue weighted by Gasteiger charge is -2.37. The molecule has 0 bridgehead atoms. The molecule has 0 amide bonds. The van der Waals surface area contributed by atoms with Crippen LogP contribution in [0.5, 0.6) is 0 Å². The van der Waals surface area contributed by atoms with Crippen LogP contribution in [-0.2, 0) is 4.79 Å². The van der Waals surface area contributed by atoms with Gasteiger partial charge in [-0.25, -0.2) is 4.79 Å². The number of hydrogen-bond acceptors (Lipinski definition) is 1. The molecule has 2 aliphatic carbocycles. The number of aliphatic carboxylic acids is 1. The fraction of sp³-hybridized carbons (Fsp3) is 0.842. The van der Waals surface area contributed by atoms with E-state index in [1.165, 1.54) is 70.3 Å². The van der Waals surface area contributed by atoms with Crippen molar-refractivity contribution in [2.45, 2.75) is 77.6 Å². The van der Waals surface area contributed by atoms with Crippen LogP contribution in [0.1, 0.15) is 77.6 Å². The predicted molar refractivity (Wildman–Crippen MR) is 87.2 cm³/mol. The minimum atomic E-state index is -0.812. The van der Waals surface area contributed by atoms with Gasteiger partial charge in [-0.3, -0.25) is 0 Å². The van der Waals surface area contributed by atoms with E-state index in [4.69, 9.17) is 5.11 Å². The highest BCUT2D eigenvalue weighted by Gasteiger charge is 2.30. The van der Waals surface area contributed by atoms with Crippen molar-refractivity contribution >= 4 is 5.97 Å². The fourth-order valence-corrected chi connectivity index (χ4v) is 4.61. The molecule has 0 radical (unpaired) electrons. The number of allylic oxidation sites excluding steroid dienone is 1. The Hall–Kier alpha value is -0.790. The summed E-state index contributed by atoms with van der Waals surface area (Å²) in [5, 5.41) is 8.63. The molecule has 0 aliphatic heterocycles. The van der Waals surface area contributed by atoms with Gasteiger partial charge in [0.2, 0.25) is 0 Å². The van der Waals surface area contributed by atoms with E-state index in [-0.39, 0.29) is 0 Å². The molecule has 0 heterocycles. The van der Waals surface area contributed by atoms with Crippen LogP contribution < -0.4 is 0 Å². The Morgan fingerprint density at radius 1 is 0.952 bits per heavy atom. The zero-order chi connectivity index (χ0) is 15.1. The van der Waals surface area contributed by atoms with E-state index in [1.54, 1.807) is 0 Å². The second-order valence-electron chi connectivity index (χ2n) is 7.33. The van der Waals surface area contributed by atoms with Gasteiger partial charge in [-0.05, 0) is 68.6 Å². The Labute approximate surface area is 130 Å². The largest absolute Gasteiger partial charge is 0.478 e. The average Bonchev–Trinajstić information content (AvgIpc) is 2.49. The Bertz CT molecular complexity index is 331. The molecule has 0 atom stereocenters. The summed E-state index contributed by atoms with van der Waals surface area (Å²) in [4.78, 5) is 10.5. The van der Waals surface area contributed by atoms with E-state index in [1.807, 2.05) is 6.08 Å². The van der Waals surface area contributed by atoms with Crippen molar-refractivity contribution in [3.8, 4) is 0 Å². The third kappa shape index (κ3) is 5.48. The number of carboxylic acids is 1. The molecule has 1 N–H and O–H groups in total. The average molecular weight is 292 g/mol. The Balaban J connectivity index is 1.66. The van der Waals surface area contributed by atoms with Crippen molar-refractivity contribution in [1.82, 2.24) is 0 Å². The molecule has 0 aromatic heterocycles. The summed E-state index contributed by atoms with van der Waals surface area (Å²) in [6, 6.07) is 0. The van der Waals surface area contributed by atoms with Crippen LogP contribution in [0.15, 0.2) is 12.2 Å². The van der Waals surface area contributed by atoms with Crippen molar-refractivity contribution in [2.24, 2.45) is 23.7 Å². The summed E-state index contributed by atoms with van der Waals surface area (Å²) in [5.41, 5.74) is 0. The second-order valence-corrected chi connectivity index (χ2v) is 7.33. The van der Waals surface area contributed by atoms with Gasteiger partial charge in [0.05, 0.1) is 0 Å². The standard InChI is InChI=1S/C19H32O2/c1-2-4-15-7-11-17(12-8-15)18-13-9-16(10-14-18)5-3-6-19(20)21/h3,6,15-18H,2,4-5,7-14H2,1H3,(H,20,21). The van der Waals surface area contributed by atoms with Crippen LogP contribution >= 0.6 is 0 Å². The van der Waals surface area contributed by atoms with E-state index in [9.17, 15) is 4.79 Å². The minimum absolute atomic E-state index is 0.730. The van der Waals surface area contributed by atoms with Crippen LogP contribution in [0, 0.1) is 23.7 Å². The lowest BCUT2D eigenvalue weighted by molar-refractivity contribution is -0.131. The van der Waals surface area contributed by atoms with Gasteiger partial charge in [-0.1, -0.05) is 38.7 Å². The lowest BCUT2D eigenvalue weighted by Crippen LogP contribution is -2.25. The Kier molecular flexibility index (Phi) is 6.79. The van der Waals surface area contributed by atoms with E-state index < -0.39 is 5.97 Å². The maximum atomic E-state index is 10.5. The molecule has 0 unspecified atom stereocenters. The summed E-state index contributed by atoms with van der Waals surface area (Å²) in [6.45, 7) is 2.31. The Morgan fingerprint density at radius 3 is 1.95 bits per heavy atom. The molecule has 2 fully saturated rings. The minimum Gasteiger partial charge on any atom is -0.478 e. The summed E-state index contributed by atoms with van der Waals surface area (Å²) < 4.78 is 0. The second kappa shape index (κ2) is 8.60. The molecule has 21 heavy (non-hydrogen) atoms. The molecule has 2 aliphatic rings. The zero-order valence-corrected chi connectivity index (χ0v) is 13.6. The van der Waals surface area contributed by atoms with Gasteiger partial charge < -0.3 is 5.11 Å². The van der Waals surface area contributed by atoms with Crippen LogP contribution in [0.25, 0.3) is 0 Å². The lowest BCUT2D eigenvalue weighted by atomic mass is 9.68. The van der Waals surface area contributed by atoms with Crippen molar-refractivity contribution in [3.05, 3.63) is 12.2 Å². The first-order valence-electron chi connectivity index (χ1n) is 9.08. The quantitative estimate of drug-likeness (QED) is 0.663. The molecule has 2 nitrogen and oxygen atoms in total. The van der Waals surface area contributed by atoms with Crippen LogP contribution in [0.2, 0.25) is 0 Å².